The van der Waals surface area contributed by atoms with Gasteiger partial charge in [0.2, 0.25) is 0 Å². The predicted octanol–water partition coefficient (Wildman–Crippen LogP) is 4.15. The largest absolute Gasteiger partial charge is 0.389 e. The van der Waals surface area contributed by atoms with Crippen LogP contribution < -0.4 is 11.1 Å². The Balaban J connectivity index is 2.50. The summed E-state index contributed by atoms with van der Waals surface area (Å²) in [4.78, 5) is 4.77. The number of aryl methyl sites for hydroxylation is 3. The van der Waals surface area contributed by atoms with Crippen LogP contribution in [0.25, 0.3) is 0 Å². The zero-order valence-electron chi connectivity index (χ0n) is 11.6. The van der Waals surface area contributed by atoms with Gasteiger partial charge in [0, 0.05) is 21.5 Å². The average Bonchev–Trinajstić information content (AvgIpc) is 2.31. The van der Waals surface area contributed by atoms with Crippen LogP contribution in [0.3, 0.4) is 0 Å². The first-order valence-electron chi connectivity index (χ1n) is 6.19. The number of nitrogens with zero attached hydrogens (tertiary/aromatic N) is 1. The third-order valence-electron chi connectivity index (χ3n) is 3.03. The van der Waals surface area contributed by atoms with Gasteiger partial charge in [-0.1, -0.05) is 28.1 Å². The standard InChI is InChI=1S/C15H16BrN3S/c1-8-6-11(16)4-5-12(8)19-13-7-9(2)18-10(3)14(13)15(17)20/h4-7H,1-3H3,(H2,17,20)(H,18,19). The fourth-order valence-corrected chi connectivity index (χ4v) is 2.88. The molecular weight excluding hydrogens is 334 g/mol. The van der Waals surface area contributed by atoms with Gasteiger partial charge in [0.15, 0.2) is 0 Å². The predicted molar refractivity (Wildman–Crippen MR) is 91.8 cm³/mol. The van der Waals surface area contributed by atoms with Gasteiger partial charge in [-0.3, -0.25) is 4.98 Å². The molecule has 2 rings (SSSR count). The van der Waals surface area contributed by atoms with Crippen molar-refractivity contribution in [2.75, 3.05) is 5.32 Å². The molecule has 0 unspecified atom stereocenters. The number of halogens is 1. The van der Waals surface area contributed by atoms with E-state index in [9.17, 15) is 0 Å². The molecule has 5 heteroatoms. The number of rotatable bonds is 3. The molecule has 0 bridgehead atoms. The second-order valence-electron chi connectivity index (χ2n) is 4.72. The molecule has 3 N–H and O–H groups in total. The summed E-state index contributed by atoms with van der Waals surface area (Å²) in [7, 11) is 0. The van der Waals surface area contributed by atoms with E-state index in [0.29, 0.717) is 4.99 Å². The third kappa shape index (κ3) is 3.16. The minimum atomic E-state index is 0.354. The highest BCUT2D eigenvalue weighted by Gasteiger charge is 2.12. The molecule has 0 saturated carbocycles. The number of hydrogen-bond acceptors (Lipinski definition) is 3. The van der Waals surface area contributed by atoms with Gasteiger partial charge in [0.1, 0.15) is 4.99 Å². The maximum Gasteiger partial charge on any atom is 0.107 e. The van der Waals surface area contributed by atoms with Crippen LogP contribution in [0.4, 0.5) is 11.4 Å². The lowest BCUT2D eigenvalue weighted by Gasteiger charge is -2.16. The number of thiocarbonyl (C=S) groups is 1. The van der Waals surface area contributed by atoms with Gasteiger partial charge in [0.05, 0.1) is 11.3 Å². The third-order valence-corrected chi connectivity index (χ3v) is 3.73. The molecule has 1 aromatic carbocycles. The Labute approximate surface area is 132 Å². The molecule has 0 atom stereocenters. The lowest BCUT2D eigenvalue weighted by molar-refractivity contribution is 1.11. The fraction of sp³-hybridized carbons (Fsp3) is 0.200. The van der Waals surface area contributed by atoms with Crippen LogP contribution in [0.5, 0.6) is 0 Å². The number of nitrogens with one attached hydrogen (secondary N) is 1. The van der Waals surface area contributed by atoms with Crippen molar-refractivity contribution >= 4 is 44.5 Å². The molecule has 0 aliphatic rings. The summed E-state index contributed by atoms with van der Waals surface area (Å²) in [5.74, 6) is 0. The highest BCUT2D eigenvalue weighted by Crippen LogP contribution is 2.27. The zero-order valence-corrected chi connectivity index (χ0v) is 14.0. The van der Waals surface area contributed by atoms with Crippen molar-refractivity contribution in [2.45, 2.75) is 20.8 Å². The fourth-order valence-electron chi connectivity index (χ4n) is 2.15. The lowest BCUT2D eigenvalue weighted by Crippen LogP contribution is -2.15. The molecule has 0 fully saturated rings. The van der Waals surface area contributed by atoms with E-state index in [1.807, 2.05) is 32.0 Å². The zero-order chi connectivity index (χ0) is 14.9. The van der Waals surface area contributed by atoms with Gasteiger partial charge in [-0.25, -0.2) is 0 Å². The van der Waals surface area contributed by atoms with E-state index < -0.39 is 0 Å². The molecule has 0 spiro atoms. The van der Waals surface area contributed by atoms with Gasteiger partial charge in [-0.2, -0.15) is 0 Å². The van der Waals surface area contributed by atoms with Crippen LogP contribution in [-0.4, -0.2) is 9.97 Å². The highest BCUT2D eigenvalue weighted by atomic mass is 79.9. The van der Waals surface area contributed by atoms with E-state index in [1.165, 1.54) is 0 Å². The summed E-state index contributed by atoms with van der Waals surface area (Å²) in [5.41, 5.74) is 11.5. The van der Waals surface area contributed by atoms with Gasteiger partial charge >= 0.3 is 0 Å². The summed E-state index contributed by atoms with van der Waals surface area (Å²) < 4.78 is 1.05. The Kier molecular flexibility index (Phi) is 4.40. The van der Waals surface area contributed by atoms with Crippen molar-refractivity contribution in [1.82, 2.24) is 4.98 Å². The van der Waals surface area contributed by atoms with Gasteiger partial charge in [0.25, 0.3) is 0 Å². The number of anilines is 2. The van der Waals surface area contributed by atoms with Crippen LogP contribution in [0.15, 0.2) is 28.7 Å². The molecule has 1 heterocycles. The Morgan fingerprint density at radius 1 is 1.20 bits per heavy atom. The summed E-state index contributed by atoms with van der Waals surface area (Å²) >= 11 is 8.60. The van der Waals surface area contributed by atoms with Crippen molar-refractivity contribution in [3.05, 3.63) is 51.3 Å². The number of hydrogen-bond donors (Lipinski definition) is 2. The maximum absolute atomic E-state index is 5.83. The molecule has 20 heavy (non-hydrogen) atoms. The van der Waals surface area contributed by atoms with Crippen molar-refractivity contribution in [1.29, 1.82) is 0 Å². The molecule has 0 radical (unpaired) electrons. The summed E-state index contributed by atoms with van der Waals surface area (Å²) in [6.45, 7) is 5.92. The van der Waals surface area contributed by atoms with Crippen LogP contribution in [-0.2, 0) is 0 Å². The quantitative estimate of drug-likeness (QED) is 0.817. The number of nitrogens with two attached hydrogens (primary N) is 1. The summed E-state index contributed by atoms with van der Waals surface area (Å²) in [5, 5.41) is 3.40. The molecular formula is C15H16BrN3S. The molecule has 2 aromatic rings. The second kappa shape index (κ2) is 5.89. The van der Waals surface area contributed by atoms with Gasteiger partial charge < -0.3 is 11.1 Å². The van der Waals surface area contributed by atoms with Gasteiger partial charge in [-0.15, -0.1) is 0 Å². The van der Waals surface area contributed by atoms with E-state index in [-0.39, 0.29) is 0 Å². The maximum atomic E-state index is 5.83. The Morgan fingerprint density at radius 2 is 1.90 bits per heavy atom. The molecule has 0 amide bonds. The van der Waals surface area contributed by atoms with Crippen molar-refractivity contribution in [3.8, 4) is 0 Å². The second-order valence-corrected chi connectivity index (χ2v) is 6.08. The topological polar surface area (TPSA) is 50.9 Å². The molecule has 0 aliphatic carbocycles. The SMILES string of the molecule is Cc1cc(Nc2ccc(Br)cc2C)c(C(N)=S)c(C)n1. The first-order valence-corrected chi connectivity index (χ1v) is 7.40. The number of benzene rings is 1. The lowest BCUT2D eigenvalue weighted by atomic mass is 10.1. The molecule has 3 nitrogen and oxygen atoms in total. The Morgan fingerprint density at radius 3 is 2.50 bits per heavy atom. The normalized spacial score (nSPS) is 10.4. The Bertz CT molecular complexity index is 683. The molecule has 0 saturated heterocycles. The minimum absolute atomic E-state index is 0.354. The summed E-state index contributed by atoms with van der Waals surface area (Å²) in [6, 6.07) is 8.04. The summed E-state index contributed by atoms with van der Waals surface area (Å²) in [6.07, 6.45) is 0. The van der Waals surface area contributed by atoms with Crippen LogP contribution >= 0.6 is 28.1 Å². The molecule has 1 aromatic heterocycles. The Hall–Kier alpha value is -1.46. The van der Waals surface area contributed by atoms with Crippen molar-refractivity contribution in [2.24, 2.45) is 5.73 Å². The monoisotopic (exact) mass is 349 g/mol. The molecule has 104 valence electrons. The van der Waals surface area contributed by atoms with Crippen molar-refractivity contribution in [3.63, 3.8) is 0 Å². The smallest absolute Gasteiger partial charge is 0.107 e. The molecule has 0 aliphatic heterocycles. The van der Waals surface area contributed by atoms with E-state index in [0.717, 1.165) is 38.4 Å². The van der Waals surface area contributed by atoms with Crippen LogP contribution in [0.2, 0.25) is 0 Å². The highest BCUT2D eigenvalue weighted by molar-refractivity contribution is 9.10. The number of pyridine rings is 1. The van der Waals surface area contributed by atoms with Gasteiger partial charge in [-0.05, 0) is 50.6 Å². The first kappa shape index (κ1) is 14.9. The minimum Gasteiger partial charge on any atom is -0.389 e. The van der Waals surface area contributed by atoms with E-state index in [2.05, 4.69) is 39.2 Å². The number of aromatic nitrogens is 1. The van der Waals surface area contributed by atoms with E-state index in [1.54, 1.807) is 0 Å². The van der Waals surface area contributed by atoms with Crippen LogP contribution in [0.1, 0.15) is 22.5 Å². The van der Waals surface area contributed by atoms with E-state index in [4.69, 9.17) is 18.0 Å². The average molecular weight is 350 g/mol. The van der Waals surface area contributed by atoms with Crippen LogP contribution in [0, 0.1) is 20.8 Å². The van der Waals surface area contributed by atoms with E-state index >= 15 is 0 Å². The first-order chi connectivity index (χ1) is 9.38. The van der Waals surface area contributed by atoms with Crippen molar-refractivity contribution < 1.29 is 0 Å².